The highest BCUT2D eigenvalue weighted by Gasteiger charge is 2.23. The van der Waals surface area contributed by atoms with Crippen LogP contribution in [0.1, 0.15) is 43.9 Å². The molecule has 0 aliphatic carbocycles. The van der Waals surface area contributed by atoms with Crippen molar-refractivity contribution < 1.29 is 4.74 Å². The molecular formula is C18H25N3O. The molecule has 0 N–H and O–H groups in total. The molecule has 2 aromatic heterocycles. The number of fused-ring (bicyclic) bond motifs is 1. The Labute approximate surface area is 132 Å². The number of rotatable bonds is 4. The lowest BCUT2D eigenvalue weighted by Crippen LogP contribution is -2.33. The molecule has 2 aliphatic heterocycles. The van der Waals surface area contributed by atoms with E-state index in [2.05, 4.69) is 26.6 Å². The largest absolute Gasteiger partial charge is 0.372 e. The summed E-state index contributed by atoms with van der Waals surface area (Å²) in [5.74, 6) is 0. The molecule has 1 atom stereocenters. The van der Waals surface area contributed by atoms with E-state index in [0.717, 1.165) is 31.8 Å². The predicted molar refractivity (Wildman–Crippen MR) is 88.0 cm³/mol. The maximum Gasteiger partial charge on any atom is 0.140 e. The molecule has 0 amide bonds. The average Bonchev–Trinajstić information content (AvgIpc) is 3.21. The summed E-state index contributed by atoms with van der Waals surface area (Å²) in [6.07, 6.45) is 8.57. The minimum absolute atomic E-state index is 0.260. The van der Waals surface area contributed by atoms with Crippen LogP contribution in [0.25, 0.3) is 11.0 Å². The Morgan fingerprint density at radius 3 is 2.86 bits per heavy atom. The second kappa shape index (κ2) is 6.39. The van der Waals surface area contributed by atoms with Crippen molar-refractivity contribution in [2.24, 2.45) is 0 Å². The van der Waals surface area contributed by atoms with Gasteiger partial charge in [0.05, 0.1) is 6.10 Å². The van der Waals surface area contributed by atoms with Crippen LogP contribution in [0, 0.1) is 0 Å². The molecule has 22 heavy (non-hydrogen) atoms. The molecule has 4 heteroatoms. The van der Waals surface area contributed by atoms with Gasteiger partial charge in [0.25, 0.3) is 0 Å². The van der Waals surface area contributed by atoms with E-state index in [1.807, 2.05) is 12.3 Å². The summed E-state index contributed by atoms with van der Waals surface area (Å²) in [5, 5.41) is 1.24. The van der Waals surface area contributed by atoms with Crippen molar-refractivity contribution in [1.29, 1.82) is 0 Å². The topological polar surface area (TPSA) is 30.3 Å². The van der Waals surface area contributed by atoms with Gasteiger partial charge >= 0.3 is 0 Å². The van der Waals surface area contributed by atoms with E-state index >= 15 is 0 Å². The summed E-state index contributed by atoms with van der Waals surface area (Å²) >= 11 is 0. The molecule has 118 valence electrons. The summed E-state index contributed by atoms with van der Waals surface area (Å²) in [7, 11) is 0. The van der Waals surface area contributed by atoms with Crippen LogP contribution in [0.2, 0.25) is 0 Å². The van der Waals surface area contributed by atoms with Gasteiger partial charge in [-0.1, -0.05) is 6.42 Å². The quantitative estimate of drug-likeness (QED) is 0.867. The van der Waals surface area contributed by atoms with Gasteiger partial charge in [0.1, 0.15) is 5.65 Å². The highest BCUT2D eigenvalue weighted by molar-refractivity contribution is 5.77. The highest BCUT2D eigenvalue weighted by atomic mass is 16.5. The van der Waals surface area contributed by atoms with Gasteiger partial charge in [0.2, 0.25) is 0 Å². The normalized spacial score (nSPS) is 23.4. The van der Waals surface area contributed by atoms with Crippen LogP contribution in [-0.4, -0.2) is 40.7 Å². The Bertz CT molecular complexity index is 624. The number of likely N-dealkylation sites (tertiary alicyclic amines) is 1. The zero-order valence-corrected chi connectivity index (χ0v) is 13.2. The van der Waals surface area contributed by atoms with E-state index in [1.54, 1.807) is 0 Å². The monoisotopic (exact) mass is 299 g/mol. The Morgan fingerprint density at radius 1 is 1.14 bits per heavy atom. The standard InChI is InChI=1S/C18H25N3O/c1-2-9-20(10-3-1)11-12-21-16(17-7-5-13-22-17)14-15-6-4-8-19-18(15)21/h4,6,8,14,17H,1-3,5,7,9-13H2/t17-/m1/s1. The van der Waals surface area contributed by atoms with Crippen molar-refractivity contribution >= 4 is 11.0 Å². The fourth-order valence-corrected chi connectivity index (χ4v) is 3.84. The highest BCUT2D eigenvalue weighted by Crippen LogP contribution is 2.32. The number of nitrogens with zero attached hydrogens (tertiary/aromatic N) is 3. The maximum atomic E-state index is 5.94. The average molecular weight is 299 g/mol. The van der Waals surface area contributed by atoms with Crippen molar-refractivity contribution in [2.75, 3.05) is 26.2 Å². The zero-order valence-electron chi connectivity index (χ0n) is 13.2. The van der Waals surface area contributed by atoms with Gasteiger partial charge in [-0.2, -0.15) is 0 Å². The molecule has 2 aliphatic rings. The molecule has 0 saturated carbocycles. The maximum absolute atomic E-state index is 5.94. The fourth-order valence-electron chi connectivity index (χ4n) is 3.84. The van der Waals surface area contributed by atoms with Gasteiger partial charge in [-0.15, -0.1) is 0 Å². The third-order valence-corrected chi connectivity index (χ3v) is 5.04. The molecule has 2 aromatic rings. The van der Waals surface area contributed by atoms with Gasteiger partial charge in [-0.3, -0.25) is 0 Å². The molecule has 0 spiro atoms. The van der Waals surface area contributed by atoms with Crippen molar-refractivity contribution in [2.45, 2.75) is 44.8 Å². The summed E-state index contributed by atoms with van der Waals surface area (Å²) < 4.78 is 8.34. The minimum atomic E-state index is 0.260. The smallest absolute Gasteiger partial charge is 0.140 e. The number of pyridine rings is 1. The molecule has 2 saturated heterocycles. The lowest BCUT2D eigenvalue weighted by Gasteiger charge is -2.27. The van der Waals surface area contributed by atoms with Crippen molar-refractivity contribution in [3.05, 3.63) is 30.1 Å². The molecule has 0 unspecified atom stereocenters. The molecule has 4 rings (SSSR count). The van der Waals surface area contributed by atoms with Crippen LogP contribution in [0.15, 0.2) is 24.4 Å². The summed E-state index contributed by atoms with van der Waals surface area (Å²) in [6, 6.07) is 6.48. The van der Waals surface area contributed by atoms with Crippen LogP contribution >= 0.6 is 0 Å². The fraction of sp³-hybridized carbons (Fsp3) is 0.611. The van der Waals surface area contributed by atoms with Crippen LogP contribution in [0.5, 0.6) is 0 Å². The van der Waals surface area contributed by atoms with E-state index in [9.17, 15) is 0 Å². The van der Waals surface area contributed by atoms with E-state index in [4.69, 9.17) is 4.74 Å². The molecule has 4 heterocycles. The minimum Gasteiger partial charge on any atom is -0.372 e. The second-order valence-corrected chi connectivity index (χ2v) is 6.54. The second-order valence-electron chi connectivity index (χ2n) is 6.54. The number of ether oxygens (including phenoxy) is 1. The lowest BCUT2D eigenvalue weighted by atomic mass is 10.1. The van der Waals surface area contributed by atoms with Crippen LogP contribution in [-0.2, 0) is 11.3 Å². The predicted octanol–water partition coefficient (Wildman–Crippen LogP) is 3.37. The lowest BCUT2D eigenvalue weighted by molar-refractivity contribution is 0.105. The van der Waals surface area contributed by atoms with Gasteiger partial charge < -0.3 is 14.2 Å². The first-order valence-electron chi connectivity index (χ1n) is 8.70. The van der Waals surface area contributed by atoms with Gasteiger partial charge in [0.15, 0.2) is 0 Å². The summed E-state index contributed by atoms with van der Waals surface area (Å²) in [5.41, 5.74) is 2.44. The van der Waals surface area contributed by atoms with Crippen molar-refractivity contribution in [3.63, 3.8) is 0 Å². The van der Waals surface area contributed by atoms with Crippen molar-refractivity contribution in [3.8, 4) is 0 Å². The van der Waals surface area contributed by atoms with Crippen molar-refractivity contribution in [1.82, 2.24) is 14.5 Å². The van der Waals surface area contributed by atoms with Crippen LogP contribution < -0.4 is 0 Å². The number of aromatic nitrogens is 2. The molecule has 0 bridgehead atoms. The van der Waals surface area contributed by atoms with Gasteiger partial charge in [-0.05, 0) is 57.0 Å². The van der Waals surface area contributed by atoms with Crippen LogP contribution in [0.4, 0.5) is 0 Å². The molecule has 0 radical (unpaired) electrons. The van der Waals surface area contributed by atoms with E-state index in [0.29, 0.717) is 0 Å². The first-order chi connectivity index (χ1) is 10.9. The molecule has 0 aromatic carbocycles. The number of hydrogen-bond acceptors (Lipinski definition) is 3. The molecular weight excluding hydrogens is 274 g/mol. The Kier molecular flexibility index (Phi) is 4.13. The number of piperidine rings is 1. The first kappa shape index (κ1) is 14.2. The van der Waals surface area contributed by atoms with E-state index < -0.39 is 0 Å². The zero-order chi connectivity index (χ0) is 14.8. The Hall–Kier alpha value is -1.39. The first-order valence-corrected chi connectivity index (χ1v) is 8.70. The third kappa shape index (κ3) is 2.77. The van der Waals surface area contributed by atoms with Crippen LogP contribution in [0.3, 0.4) is 0 Å². The number of hydrogen-bond donors (Lipinski definition) is 0. The molecule has 2 fully saturated rings. The molecule has 4 nitrogen and oxygen atoms in total. The Balaban J connectivity index is 1.60. The third-order valence-electron chi connectivity index (χ3n) is 5.04. The van der Waals surface area contributed by atoms with E-state index in [-0.39, 0.29) is 6.10 Å². The summed E-state index contributed by atoms with van der Waals surface area (Å²) in [4.78, 5) is 7.22. The van der Waals surface area contributed by atoms with E-state index in [1.165, 1.54) is 49.9 Å². The van der Waals surface area contributed by atoms with Gasteiger partial charge in [-0.25, -0.2) is 4.98 Å². The van der Waals surface area contributed by atoms with Gasteiger partial charge in [0, 0.05) is 37.0 Å². The SMILES string of the molecule is c1cnc2c(c1)cc([C@H]1CCCO1)n2CCN1CCCCC1. The summed E-state index contributed by atoms with van der Waals surface area (Å²) in [6.45, 7) is 5.55. The Morgan fingerprint density at radius 2 is 2.05 bits per heavy atom.